The average molecular weight is 410 g/mol. The van der Waals surface area contributed by atoms with E-state index >= 15 is 0 Å². The van der Waals surface area contributed by atoms with E-state index in [1.54, 1.807) is 23.1 Å². The molecular formula is C25H22N4O2. The van der Waals surface area contributed by atoms with Crippen LogP contribution < -0.4 is 10.2 Å². The number of hydrogen-bond donors (Lipinski definition) is 2. The van der Waals surface area contributed by atoms with Crippen molar-refractivity contribution in [1.82, 2.24) is 0 Å². The lowest BCUT2D eigenvalue weighted by Crippen LogP contribution is -2.59. The van der Waals surface area contributed by atoms with Crippen molar-refractivity contribution >= 4 is 28.9 Å². The highest BCUT2D eigenvalue weighted by Crippen LogP contribution is 2.56. The number of nitrogens with one attached hydrogen (secondary N) is 2. The zero-order chi connectivity index (χ0) is 22.0. The Morgan fingerprint density at radius 2 is 1.74 bits per heavy atom. The van der Waals surface area contributed by atoms with Crippen LogP contribution >= 0.6 is 0 Å². The van der Waals surface area contributed by atoms with Gasteiger partial charge in [-0.25, -0.2) is 0 Å². The molecule has 154 valence electrons. The van der Waals surface area contributed by atoms with Crippen LogP contribution in [0.15, 0.2) is 65.9 Å². The maximum atomic E-state index is 13.7. The molecule has 0 fully saturated rings. The van der Waals surface area contributed by atoms with Crippen molar-refractivity contribution in [3.8, 4) is 6.07 Å². The third kappa shape index (κ3) is 2.46. The molecule has 0 aromatic heterocycles. The Labute approximate surface area is 180 Å². The van der Waals surface area contributed by atoms with E-state index in [2.05, 4.69) is 11.4 Å². The Morgan fingerprint density at radius 3 is 2.45 bits per heavy atom. The Hall–Kier alpha value is -3.72. The van der Waals surface area contributed by atoms with Gasteiger partial charge in [-0.05, 0) is 35.6 Å². The van der Waals surface area contributed by atoms with E-state index in [9.17, 15) is 14.9 Å². The lowest BCUT2D eigenvalue weighted by molar-refractivity contribution is -0.125. The molecule has 0 radical (unpaired) electrons. The fraction of sp³-hybridized carbons (Fsp3) is 0.280. The van der Waals surface area contributed by atoms with E-state index < -0.39 is 17.2 Å². The normalized spacial score (nSPS) is 26.4. The quantitative estimate of drug-likeness (QED) is 0.738. The fourth-order valence-electron chi connectivity index (χ4n) is 5.39. The monoisotopic (exact) mass is 410 g/mol. The number of nitriles is 1. The molecular weight excluding hydrogens is 388 g/mol. The molecule has 0 bridgehead atoms. The molecule has 2 atom stereocenters. The second kappa shape index (κ2) is 6.39. The summed E-state index contributed by atoms with van der Waals surface area (Å²) in [4.78, 5) is 28.9. The van der Waals surface area contributed by atoms with E-state index in [1.807, 2.05) is 50.2 Å². The number of para-hydroxylation sites is 2. The van der Waals surface area contributed by atoms with Crippen molar-refractivity contribution < 1.29 is 9.59 Å². The SMILES string of the molecule is CC1(C)CC(=O)C2=C(C1)N(c1ccccc1)C(=N)C(C#N)C21C(=O)Nc2ccccc21. The number of anilines is 2. The first kappa shape index (κ1) is 19.3. The molecule has 2 aromatic carbocycles. The van der Waals surface area contributed by atoms with E-state index in [1.165, 1.54) is 0 Å². The number of nitrogens with zero attached hydrogens (tertiary/aromatic N) is 2. The molecule has 2 aliphatic heterocycles. The molecule has 31 heavy (non-hydrogen) atoms. The Balaban J connectivity index is 1.90. The van der Waals surface area contributed by atoms with Crippen LogP contribution in [0.2, 0.25) is 0 Å². The van der Waals surface area contributed by atoms with E-state index in [0.717, 1.165) is 0 Å². The molecule has 1 aliphatic carbocycles. The van der Waals surface area contributed by atoms with Crippen LogP contribution in [-0.4, -0.2) is 17.5 Å². The maximum Gasteiger partial charge on any atom is 0.241 e. The van der Waals surface area contributed by atoms with Gasteiger partial charge in [-0.2, -0.15) is 5.26 Å². The molecule has 1 amide bonds. The van der Waals surface area contributed by atoms with Gasteiger partial charge in [0.15, 0.2) is 5.78 Å². The lowest BCUT2D eigenvalue weighted by atomic mass is 9.58. The van der Waals surface area contributed by atoms with Gasteiger partial charge in [0.2, 0.25) is 5.91 Å². The number of rotatable bonds is 1. The average Bonchev–Trinajstić information content (AvgIpc) is 3.00. The highest BCUT2D eigenvalue weighted by Gasteiger charge is 2.64. The van der Waals surface area contributed by atoms with Crippen LogP contribution in [0.4, 0.5) is 11.4 Å². The van der Waals surface area contributed by atoms with Crippen molar-refractivity contribution in [1.29, 1.82) is 10.7 Å². The third-order valence-electron chi connectivity index (χ3n) is 6.57. The lowest BCUT2D eigenvalue weighted by Gasteiger charge is -2.49. The Bertz CT molecular complexity index is 1220. The van der Waals surface area contributed by atoms with Crippen LogP contribution in [-0.2, 0) is 15.0 Å². The standard InChI is InChI=1S/C25H22N4O2/c1-24(2)12-19-21(20(30)13-24)25(16-10-6-7-11-18(16)28-23(25)31)17(14-26)22(27)29(19)15-8-4-3-5-9-15/h3-11,17,27H,12-13H2,1-2H3,(H,28,31). The molecule has 6 nitrogen and oxygen atoms in total. The number of amides is 1. The van der Waals surface area contributed by atoms with Gasteiger partial charge in [-0.3, -0.25) is 15.0 Å². The van der Waals surface area contributed by atoms with Gasteiger partial charge < -0.3 is 10.2 Å². The molecule has 2 N–H and O–H groups in total. The zero-order valence-electron chi connectivity index (χ0n) is 17.4. The first-order valence-corrected chi connectivity index (χ1v) is 10.3. The number of carbonyl (C=O) groups excluding carboxylic acids is 2. The fourth-order valence-corrected chi connectivity index (χ4v) is 5.39. The Kier molecular flexibility index (Phi) is 3.97. The maximum absolute atomic E-state index is 13.7. The van der Waals surface area contributed by atoms with Crippen molar-refractivity contribution in [2.75, 3.05) is 10.2 Å². The first-order chi connectivity index (χ1) is 14.8. The molecule has 0 saturated carbocycles. The summed E-state index contributed by atoms with van der Waals surface area (Å²) >= 11 is 0. The molecule has 2 aromatic rings. The molecule has 3 aliphatic rings. The van der Waals surface area contributed by atoms with E-state index in [4.69, 9.17) is 5.41 Å². The van der Waals surface area contributed by atoms with Gasteiger partial charge in [0, 0.05) is 29.1 Å². The summed E-state index contributed by atoms with van der Waals surface area (Å²) in [6.45, 7) is 4.04. The number of benzene rings is 2. The van der Waals surface area contributed by atoms with E-state index in [-0.39, 0.29) is 23.5 Å². The van der Waals surface area contributed by atoms with Crippen LogP contribution in [0.3, 0.4) is 0 Å². The second-order valence-electron chi connectivity index (χ2n) is 9.19. The minimum Gasteiger partial charge on any atom is -0.325 e. The van der Waals surface area contributed by atoms with Gasteiger partial charge >= 0.3 is 0 Å². The number of fused-ring (bicyclic) bond motifs is 3. The van der Waals surface area contributed by atoms with Gasteiger partial charge in [0.25, 0.3) is 0 Å². The second-order valence-corrected chi connectivity index (χ2v) is 9.19. The van der Waals surface area contributed by atoms with Crippen molar-refractivity contribution in [3.63, 3.8) is 0 Å². The predicted octanol–water partition coefficient (Wildman–Crippen LogP) is 4.16. The number of amidine groups is 1. The molecule has 1 spiro atoms. The summed E-state index contributed by atoms with van der Waals surface area (Å²) < 4.78 is 0. The summed E-state index contributed by atoms with van der Waals surface area (Å²) in [5.74, 6) is -1.64. The zero-order valence-corrected chi connectivity index (χ0v) is 17.4. The molecule has 2 heterocycles. The van der Waals surface area contributed by atoms with Crippen molar-refractivity contribution in [2.45, 2.75) is 32.1 Å². The van der Waals surface area contributed by atoms with Crippen LogP contribution in [0.5, 0.6) is 0 Å². The summed E-state index contributed by atoms with van der Waals surface area (Å²) in [5, 5.41) is 22.2. The number of allylic oxidation sites excluding steroid dienone is 1. The minimum absolute atomic E-state index is 0.0183. The smallest absolute Gasteiger partial charge is 0.241 e. The largest absolute Gasteiger partial charge is 0.325 e. The number of Topliss-reactive ketones (excluding diaryl/α,β-unsaturated/α-hetero) is 1. The van der Waals surface area contributed by atoms with Gasteiger partial charge in [0.1, 0.15) is 17.2 Å². The summed E-state index contributed by atoms with van der Waals surface area (Å²) in [6.07, 6.45) is 0.817. The molecule has 6 heteroatoms. The molecule has 0 saturated heterocycles. The van der Waals surface area contributed by atoms with Gasteiger partial charge in [0.05, 0.1) is 6.07 Å². The topological polar surface area (TPSA) is 97.1 Å². The molecule has 2 unspecified atom stereocenters. The first-order valence-electron chi connectivity index (χ1n) is 10.3. The van der Waals surface area contributed by atoms with Crippen molar-refractivity contribution in [2.24, 2.45) is 11.3 Å². The van der Waals surface area contributed by atoms with Crippen LogP contribution in [0.25, 0.3) is 0 Å². The summed E-state index contributed by atoms with van der Waals surface area (Å²) in [6, 6.07) is 18.7. The number of ketones is 1. The third-order valence-corrected chi connectivity index (χ3v) is 6.57. The number of hydrogen-bond acceptors (Lipinski definition) is 4. The van der Waals surface area contributed by atoms with E-state index in [0.29, 0.717) is 34.6 Å². The van der Waals surface area contributed by atoms with Crippen LogP contribution in [0, 0.1) is 28.1 Å². The highest BCUT2D eigenvalue weighted by atomic mass is 16.2. The Morgan fingerprint density at radius 1 is 1.06 bits per heavy atom. The predicted molar refractivity (Wildman–Crippen MR) is 118 cm³/mol. The van der Waals surface area contributed by atoms with Gasteiger partial charge in [-0.15, -0.1) is 0 Å². The molecule has 5 rings (SSSR count). The highest BCUT2D eigenvalue weighted by molar-refractivity contribution is 6.23. The van der Waals surface area contributed by atoms with Crippen LogP contribution in [0.1, 0.15) is 32.3 Å². The summed E-state index contributed by atoms with van der Waals surface area (Å²) in [7, 11) is 0. The van der Waals surface area contributed by atoms with Gasteiger partial charge in [-0.1, -0.05) is 50.2 Å². The summed E-state index contributed by atoms with van der Waals surface area (Å²) in [5.41, 5.74) is 1.10. The minimum atomic E-state index is -1.50. The number of carbonyl (C=O) groups is 2. The van der Waals surface area contributed by atoms with Crippen molar-refractivity contribution in [3.05, 3.63) is 71.4 Å².